The third-order valence-corrected chi connectivity index (χ3v) is 11.0. The maximum Gasteiger partial charge on any atom is 0.508 e. The van der Waals surface area contributed by atoms with Gasteiger partial charge in [0.05, 0.1) is 18.2 Å². The second kappa shape index (κ2) is 24.3. The summed E-state index contributed by atoms with van der Waals surface area (Å²) in [4.78, 5) is 33.9. The molecule has 2 unspecified atom stereocenters. The van der Waals surface area contributed by atoms with Crippen molar-refractivity contribution in [3.8, 4) is 0 Å². The summed E-state index contributed by atoms with van der Waals surface area (Å²) in [5.74, 6) is -1.07. The quantitative estimate of drug-likeness (QED) is 0.0275. The predicted octanol–water partition coefficient (Wildman–Crippen LogP) is 1.65. The van der Waals surface area contributed by atoms with Crippen LogP contribution >= 0.6 is 20.0 Å². The third kappa shape index (κ3) is 16.0. The van der Waals surface area contributed by atoms with Crippen LogP contribution in [0.25, 0.3) is 0 Å². The van der Waals surface area contributed by atoms with Crippen molar-refractivity contribution in [2.45, 2.75) is 114 Å². The zero-order valence-electron chi connectivity index (χ0n) is 31.5. The first-order valence-electron chi connectivity index (χ1n) is 18.8. The highest BCUT2D eigenvalue weighted by molar-refractivity contribution is 7.80. The molecule has 54 heavy (non-hydrogen) atoms. The van der Waals surface area contributed by atoms with Crippen LogP contribution in [-0.2, 0) is 44.0 Å². The fourth-order valence-electron chi connectivity index (χ4n) is 6.81. The number of carbonyl (C=O) groups excluding carboxylic acids is 2. The van der Waals surface area contributed by atoms with Crippen molar-refractivity contribution in [3.63, 3.8) is 0 Å². The maximum atomic E-state index is 12.4. The molecule has 2 aliphatic rings. The molecule has 1 aliphatic heterocycles. The molecule has 7 N–H and O–H groups in total. The lowest BCUT2D eigenvalue weighted by Gasteiger charge is -2.42. The van der Waals surface area contributed by atoms with E-state index in [1.165, 1.54) is 6.92 Å². The van der Waals surface area contributed by atoms with Crippen molar-refractivity contribution in [2.24, 2.45) is 11.8 Å². The molecule has 1 heterocycles. The first kappa shape index (κ1) is 46.0. The highest BCUT2D eigenvalue weighted by atomic mass is 32.1. The van der Waals surface area contributed by atoms with Crippen LogP contribution in [0.3, 0.4) is 0 Å². The SMILES string of the molecule is B[C@@H]1O[C@H](COC(=O)OCc2ccccc2)C(OP(=O)(O)OC)[C@@H]1CCCCCCCNC(=S)NCCCCO[C@@H]1C[C@H](CO)[C@H](O)[C@H](O)[C@H]1NC(C)=O. The zero-order valence-corrected chi connectivity index (χ0v) is 33.2. The Kier molecular flexibility index (Phi) is 20.7. The standard InChI is InChI=1S/C35H59BN3O13PS/c1-23(41)39-29-27(19-25(20-40)30(42)31(29)43)48-18-12-11-17-38-34(54)37-16-10-5-3-4-9-15-26-32(52-53(45,46)47-2)28(51-33(26)36)22-50-35(44)49-21-24-13-7-6-8-14-24/h6-8,13-14,25-33,40,42-43H,3-5,9-12,15-22,36H2,1-2H3,(H,39,41)(H,45,46)(H2,37,38,54)/t25-,26+,27-,28-,29+,30+,31-,32?,33-/m1/s1. The molecule has 16 nitrogen and oxygen atoms in total. The Bertz CT molecular complexity index is 1320. The molecule has 1 aromatic rings. The summed E-state index contributed by atoms with van der Waals surface area (Å²) in [6.07, 6.45) is 1.88. The van der Waals surface area contributed by atoms with Gasteiger partial charge in [-0.15, -0.1) is 0 Å². The summed E-state index contributed by atoms with van der Waals surface area (Å²) in [5.41, 5.74) is 0.812. The van der Waals surface area contributed by atoms with E-state index in [9.17, 15) is 34.4 Å². The lowest BCUT2D eigenvalue weighted by Crippen LogP contribution is -2.61. The number of amides is 1. The number of phosphoric ester groups is 1. The van der Waals surface area contributed by atoms with Crippen molar-refractivity contribution < 1.29 is 62.4 Å². The van der Waals surface area contributed by atoms with Crippen LogP contribution in [-0.4, -0.2) is 128 Å². The smallest absolute Gasteiger partial charge is 0.431 e. The van der Waals surface area contributed by atoms with Crippen molar-refractivity contribution in [1.29, 1.82) is 0 Å². The Morgan fingerprint density at radius 3 is 2.33 bits per heavy atom. The number of aliphatic hydroxyl groups is 3. The van der Waals surface area contributed by atoms with E-state index >= 15 is 0 Å². The summed E-state index contributed by atoms with van der Waals surface area (Å²) in [7, 11) is -1.37. The van der Waals surface area contributed by atoms with E-state index in [-0.39, 0.29) is 37.6 Å². The van der Waals surface area contributed by atoms with E-state index in [4.69, 9.17) is 35.7 Å². The number of benzene rings is 1. The molecule has 306 valence electrons. The molecule has 3 rings (SSSR count). The second-order valence-corrected chi connectivity index (χ2v) is 15.8. The number of nitrogens with one attached hydrogen (secondary N) is 3. The van der Waals surface area contributed by atoms with Gasteiger partial charge in [-0.2, -0.15) is 0 Å². The number of carbonyl (C=O) groups is 2. The Balaban J connectivity index is 1.26. The monoisotopic (exact) mass is 803 g/mol. The van der Waals surface area contributed by atoms with Crippen LogP contribution in [0.1, 0.15) is 70.3 Å². The van der Waals surface area contributed by atoms with Gasteiger partial charge < -0.3 is 55.1 Å². The van der Waals surface area contributed by atoms with Gasteiger partial charge in [0.1, 0.15) is 39.4 Å². The Morgan fingerprint density at radius 1 is 1.00 bits per heavy atom. The summed E-state index contributed by atoms with van der Waals surface area (Å²) in [5, 5.41) is 39.9. The summed E-state index contributed by atoms with van der Waals surface area (Å²) in [6.45, 7) is 2.67. The molecular formula is C35H59BN3O13PS. The van der Waals surface area contributed by atoms with Crippen LogP contribution in [0.5, 0.6) is 0 Å². The number of thiocarbonyl (C=S) groups is 1. The van der Waals surface area contributed by atoms with Gasteiger partial charge in [0, 0.05) is 58.2 Å². The minimum atomic E-state index is -4.33. The number of aliphatic hydroxyl groups excluding tert-OH is 3. The van der Waals surface area contributed by atoms with Crippen molar-refractivity contribution >= 4 is 45.1 Å². The Labute approximate surface area is 324 Å². The van der Waals surface area contributed by atoms with Crippen LogP contribution in [0.2, 0.25) is 0 Å². The van der Waals surface area contributed by atoms with Gasteiger partial charge in [0.2, 0.25) is 5.91 Å². The normalized spacial score (nSPS) is 27.8. The van der Waals surface area contributed by atoms with E-state index in [0.717, 1.165) is 57.7 Å². The number of hydrogen-bond donors (Lipinski definition) is 7. The Morgan fingerprint density at radius 2 is 1.67 bits per heavy atom. The fraction of sp³-hybridized carbons (Fsp3) is 0.743. The fourth-order valence-corrected chi connectivity index (χ4v) is 7.70. The highest BCUT2D eigenvalue weighted by Crippen LogP contribution is 2.48. The Hall–Kier alpha value is -2.38. The maximum absolute atomic E-state index is 12.4. The summed E-state index contributed by atoms with van der Waals surface area (Å²) >= 11 is 5.39. The molecule has 0 spiro atoms. The van der Waals surface area contributed by atoms with Crippen LogP contribution in [0.4, 0.5) is 4.79 Å². The molecule has 1 aromatic carbocycles. The third-order valence-electron chi connectivity index (χ3n) is 9.76. The lowest BCUT2D eigenvalue weighted by atomic mass is 9.79. The van der Waals surface area contributed by atoms with Gasteiger partial charge >= 0.3 is 14.0 Å². The molecule has 1 saturated heterocycles. The van der Waals surface area contributed by atoms with Crippen molar-refractivity contribution in [2.75, 3.05) is 40.0 Å². The largest absolute Gasteiger partial charge is 0.508 e. The van der Waals surface area contributed by atoms with Gasteiger partial charge in [0.25, 0.3) is 0 Å². The van der Waals surface area contributed by atoms with Crippen LogP contribution in [0, 0.1) is 11.8 Å². The topological polar surface area (TPSA) is 224 Å². The second-order valence-electron chi connectivity index (χ2n) is 13.8. The molecule has 0 aromatic heterocycles. The molecular weight excluding hydrogens is 744 g/mol. The van der Waals surface area contributed by atoms with Gasteiger partial charge in [0.15, 0.2) is 5.11 Å². The minimum Gasteiger partial charge on any atom is -0.431 e. The molecule has 10 atom stereocenters. The van der Waals surface area contributed by atoms with E-state index in [1.807, 2.05) is 38.2 Å². The lowest BCUT2D eigenvalue weighted by molar-refractivity contribution is -0.142. The molecule has 2 fully saturated rings. The van der Waals surface area contributed by atoms with E-state index in [2.05, 4.69) is 20.5 Å². The number of unbranched alkanes of at least 4 members (excludes halogenated alkanes) is 5. The first-order valence-corrected chi connectivity index (χ1v) is 20.7. The molecule has 1 aliphatic carbocycles. The van der Waals surface area contributed by atoms with Crippen LogP contribution < -0.4 is 16.0 Å². The van der Waals surface area contributed by atoms with Gasteiger partial charge in [-0.25, -0.2) is 9.36 Å². The van der Waals surface area contributed by atoms with E-state index < -0.39 is 56.5 Å². The number of ether oxygens (including phenoxy) is 4. The molecule has 19 heteroatoms. The van der Waals surface area contributed by atoms with Crippen LogP contribution in [0.15, 0.2) is 30.3 Å². The van der Waals surface area contributed by atoms with E-state index in [0.29, 0.717) is 37.5 Å². The van der Waals surface area contributed by atoms with Gasteiger partial charge in [-0.1, -0.05) is 56.0 Å². The van der Waals surface area contributed by atoms with Crippen molar-refractivity contribution in [1.82, 2.24) is 16.0 Å². The van der Waals surface area contributed by atoms with Crippen molar-refractivity contribution in [3.05, 3.63) is 35.9 Å². The number of rotatable bonds is 23. The molecule has 1 saturated carbocycles. The number of hydrogen-bond acceptors (Lipinski definition) is 13. The number of phosphoric acid groups is 1. The average Bonchev–Trinajstić information content (AvgIpc) is 3.43. The summed E-state index contributed by atoms with van der Waals surface area (Å²) < 4.78 is 44.9. The minimum absolute atomic E-state index is 0.0531. The molecule has 0 radical (unpaired) electrons. The highest BCUT2D eigenvalue weighted by Gasteiger charge is 2.47. The molecule has 0 bridgehead atoms. The zero-order chi connectivity index (χ0) is 39.5. The van der Waals surface area contributed by atoms with Gasteiger partial charge in [-0.05, 0) is 49.9 Å². The summed E-state index contributed by atoms with van der Waals surface area (Å²) in [6, 6.07) is 8.14. The first-order chi connectivity index (χ1) is 25.8. The van der Waals surface area contributed by atoms with E-state index in [1.54, 1.807) is 0 Å². The van der Waals surface area contributed by atoms with Gasteiger partial charge in [-0.3, -0.25) is 13.8 Å². The molecule has 1 amide bonds. The predicted molar refractivity (Wildman–Crippen MR) is 205 cm³/mol. The average molecular weight is 804 g/mol.